The molecular formula is C25H35ClN7O5S2-. The number of aliphatic imine (C=N–C) groups is 1. The normalized spacial score (nSPS) is 16.2. The highest BCUT2D eigenvalue weighted by atomic mass is 35.5. The van der Waals surface area contributed by atoms with Crippen LogP contribution >= 0.6 is 11.6 Å². The number of nitrogens with one attached hydrogen (secondary N) is 2. The first kappa shape index (κ1) is 31.7. The summed E-state index contributed by atoms with van der Waals surface area (Å²) in [5, 5.41) is 5.80. The molecule has 0 spiro atoms. The van der Waals surface area contributed by atoms with Gasteiger partial charge in [-0.25, -0.2) is 17.7 Å². The first-order valence-corrected chi connectivity index (χ1v) is 15.6. The van der Waals surface area contributed by atoms with Crippen molar-refractivity contribution in [2.75, 3.05) is 36.5 Å². The highest BCUT2D eigenvalue weighted by Gasteiger charge is 2.31. The highest BCUT2D eigenvalue weighted by Crippen LogP contribution is 2.38. The van der Waals surface area contributed by atoms with Crippen molar-refractivity contribution in [3.8, 4) is 5.75 Å². The molecule has 1 aliphatic rings. The Hall–Kier alpha value is -2.78. The minimum Gasteiger partial charge on any atom is -0.760 e. The molecule has 220 valence electrons. The summed E-state index contributed by atoms with van der Waals surface area (Å²) in [4.78, 5) is 12.6. The van der Waals surface area contributed by atoms with E-state index in [1.54, 1.807) is 13.8 Å². The van der Waals surface area contributed by atoms with Crippen molar-refractivity contribution < 1.29 is 21.9 Å². The number of anilines is 3. The Morgan fingerprint density at radius 3 is 2.60 bits per heavy atom. The second-order valence-electron chi connectivity index (χ2n) is 10.1. The molecule has 2 heterocycles. The van der Waals surface area contributed by atoms with Gasteiger partial charge in [0.25, 0.3) is 0 Å². The lowest BCUT2D eigenvalue weighted by molar-refractivity contribution is 0.239. The van der Waals surface area contributed by atoms with Gasteiger partial charge in [0.05, 0.1) is 29.4 Å². The number of sulfone groups is 1. The third-order valence-electron chi connectivity index (χ3n) is 5.88. The maximum absolute atomic E-state index is 12.7. The number of nitrogens with zero attached hydrogens (tertiary/aromatic N) is 4. The van der Waals surface area contributed by atoms with E-state index in [-0.39, 0.29) is 51.2 Å². The van der Waals surface area contributed by atoms with Crippen LogP contribution in [0, 0.1) is 12.8 Å². The van der Waals surface area contributed by atoms with Gasteiger partial charge in [0.15, 0.2) is 20.7 Å². The molecule has 4 N–H and O–H groups in total. The van der Waals surface area contributed by atoms with Gasteiger partial charge in [-0.1, -0.05) is 25.4 Å². The molecule has 0 saturated carbocycles. The molecule has 0 bridgehead atoms. The molecule has 1 aromatic carbocycles. The standard InChI is InChI=1S/C25H36ClN7O5S2/c1-14(2)13-40(36,37)23(27)21(10-28-6)30-24-19(26)9-29-25(32-24)31-20-7-16(5)18(8-22(20)38-15(3)4)17-11-33(12-17)39(34)35/h7-10,14-15,17H,11-13,27H2,1-6H3,(H,34,35)(H2,29,30,31,32)/p-1. The summed E-state index contributed by atoms with van der Waals surface area (Å²) in [5.41, 5.74) is 8.60. The number of nitrogens with two attached hydrogens (primary N) is 1. The van der Waals surface area contributed by atoms with Crippen LogP contribution in [-0.2, 0) is 21.1 Å². The number of allylic oxidation sites excluding steroid dienone is 1. The molecule has 12 nitrogen and oxygen atoms in total. The maximum Gasteiger partial charge on any atom is 0.229 e. The van der Waals surface area contributed by atoms with Crippen molar-refractivity contribution in [3.63, 3.8) is 0 Å². The van der Waals surface area contributed by atoms with E-state index in [1.165, 1.54) is 23.8 Å². The zero-order chi connectivity index (χ0) is 29.8. The number of hydrogen-bond donors (Lipinski definition) is 3. The number of benzene rings is 1. The van der Waals surface area contributed by atoms with Crippen LogP contribution in [0.3, 0.4) is 0 Å². The predicted molar refractivity (Wildman–Crippen MR) is 158 cm³/mol. The number of halogens is 1. The summed E-state index contributed by atoms with van der Waals surface area (Å²) in [5.74, 6) is 0.642. The van der Waals surface area contributed by atoms with Gasteiger partial charge in [0.1, 0.15) is 10.8 Å². The van der Waals surface area contributed by atoms with E-state index >= 15 is 0 Å². The van der Waals surface area contributed by atoms with Crippen LogP contribution in [0.4, 0.5) is 17.5 Å². The molecule has 15 heteroatoms. The zero-order valence-corrected chi connectivity index (χ0v) is 25.7. The summed E-state index contributed by atoms with van der Waals surface area (Å²) in [6.07, 6.45) is 2.53. The number of aromatic nitrogens is 2. The fraction of sp³-hybridized carbons (Fsp3) is 0.480. The molecule has 1 fully saturated rings. The van der Waals surface area contributed by atoms with Crippen molar-refractivity contribution in [1.29, 1.82) is 0 Å². The highest BCUT2D eigenvalue weighted by molar-refractivity contribution is 7.95. The number of hydrogen-bond acceptors (Lipinski definition) is 11. The molecule has 40 heavy (non-hydrogen) atoms. The lowest BCUT2D eigenvalue weighted by atomic mass is 9.89. The van der Waals surface area contributed by atoms with Crippen molar-refractivity contribution in [1.82, 2.24) is 14.3 Å². The fourth-order valence-corrected chi connectivity index (χ4v) is 6.33. The van der Waals surface area contributed by atoms with Gasteiger partial charge in [-0.05, 0) is 49.9 Å². The molecule has 2 aromatic rings. The van der Waals surface area contributed by atoms with Crippen LogP contribution in [0.15, 0.2) is 34.0 Å². The molecule has 1 unspecified atom stereocenters. The Morgan fingerprint density at radius 1 is 1.35 bits per heavy atom. The average Bonchev–Trinajstić information content (AvgIpc) is 2.80. The molecule has 0 amide bonds. The van der Waals surface area contributed by atoms with Gasteiger partial charge in [-0.15, -0.1) is 0 Å². The van der Waals surface area contributed by atoms with Crippen LogP contribution in [0.25, 0.3) is 0 Å². The Balaban J connectivity index is 1.94. The molecular weight excluding hydrogens is 578 g/mol. The quantitative estimate of drug-likeness (QED) is 0.238. The van der Waals surface area contributed by atoms with Crippen LogP contribution in [0.1, 0.15) is 44.7 Å². The summed E-state index contributed by atoms with van der Waals surface area (Å²) in [7, 11) is -2.28. The number of ether oxygens (including phenoxy) is 1. The topological polar surface area (TPSA) is 175 Å². The molecule has 1 aliphatic heterocycles. The Kier molecular flexibility index (Phi) is 10.5. The molecule has 3 rings (SSSR count). The van der Waals surface area contributed by atoms with Crippen molar-refractivity contribution in [3.05, 3.63) is 45.2 Å². The lowest BCUT2D eigenvalue weighted by Gasteiger charge is -2.40. The smallest absolute Gasteiger partial charge is 0.229 e. The van der Waals surface area contributed by atoms with Gasteiger partial charge >= 0.3 is 0 Å². The van der Waals surface area contributed by atoms with Crippen molar-refractivity contribution in [2.24, 2.45) is 16.6 Å². The maximum atomic E-state index is 12.7. The van der Waals surface area contributed by atoms with Gasteiger partial charge in [-0.3, -0.25) is 9.20 Å². The first-order chi connectivity index (χ1) is 18.7. The van der Waals surface area contributed by atoms with Crippen molar-refractivity contribution >= 4 is 56.4 Å². The van der Waals surface area contributed by atoms with E-state index in [2.05, 4.69) is 25.6 Å². The van der Waals surface area contributed by atoms with Crippen molar-refractivity contribution in [2.45, 2.75) is 46.6 Å². The monoisotopic (exact) mass is 612 g/mol. The third kappa shape index (κ3) is 7.91. The van der Waals surface area contributed by atoms with E-state index < -0.39 is 21.1 Å². The second-order valence-corrected chi connectivity index (χ2v) is 13.5. The van der Waals surface area contributed by atoms with Crippen LogP contribution in [0.2, 0.25) is 5.02 Å². The Morgan fingerprint density at radius 2 is 2.02 bits per heavy atom. The second kappa shape index (κ2) is 13.3. The van der Waals surface area contributed by atoms with E-state index in [4.69, 9.17) is 22.1 Å². The number of aryl methyl sites for hydroxylation is 1. The van der Waals surface area contributed by atoms with Gasteiger partial charge < -0.3 is 25.7 Å². The minimum absolute atomic E-state index is 0.0345. The molecule has 1 saturated heterocycles. The summed E-state index contributed by atoms with van der Waals surface area (Å²) in [6.45, 7) is 10.1. The first-order valence-electron chi connectivity index (χ1n) is 12.6. The van der Waals surface area contributed by atoms with Gasteiger partial charge in [0.2, 0.25) is 5.95 Å². The molecule has 1 atom stereocenters. The lowest BCUT2D eigenvalue weighted by Crippen LogP contribution is -2.45. The third-order valence-corrected chi connectivity index (χ3v) is 8.88. The van der Waals surface area contributed by atoms with E-state index in [0.717, 1.165) is 11.1 Å². The van der Waals surface area contributed by atoms with E-state index in [9.17, 15) is 17.2 Å². The summed E-state index contributed by atoms with van der Waals surface area (Å²) >= 11 is 4.10. The summed E-state index contributed by atoms with van der Waals surface area (Å²) < 4.78 is 55.3. The number of rotatable bonds is 12. The molecule has 1 aromatic heterocycles. The largest absolute Gasteiger partial charge is 0.760 e. The van der Waals surface area contributed by atoms with Gasteiger partial charge in [0, 0.05) is 43.5 Å². The summed E-state index contributed by atoms with van der Waals surface area (Å²) in [6, 6.07) is 3.79. The average molecular weight is 613 g/mol. The Bertz CT molecular complexity index is 1420. The SMILES string of the molecule is CN=CC(Nc1nc(Nc2cc(C)c(C3CN(S(=O)[O-])C3)cc2OC(C)C)ncc1Cl)=C(N)S(=O)(=O)CC(C)C. The molecule has 0 radical (unpaired) electrons. The van der Waals surface area contributed by atoms with E-state index in [1.807, 2.05) is 32.9 Å². The molecule has 0 aliphatic carbocycles. The fourth-order valence-electron chi connectivity index (χ4n) is 4.10. The predicted octanol–water partition coefficient (Wildman–Crippen LogP) is 3.47. The zero-order valence-electron chi connectivity index (χ0n) is 23.3. The van der Waals surface area contributed by atoms with Crippen LogP contribution in [0.5, 0.6) is 5.75 Å². The van der Waals surface area contributed by atoms with Crippen LogP contribution < -0.4 is 21.1 Å². The van der Waals surface area contributed by atoms with Crippen LogP contribution in [-0.4, -0.2) is 69.7 Å². The Labute approximate surface area is 242 Å². The minimum atomic E-state index is -3.76. The van der Waals surface area contributed by atoms with E-state index in [0.29, 0.717) is 24.5 Å². The van der Waals surface area contributed by atoms with Gasteiger partial charge in [-0.2, -0.15) is 4.98 Å².